The van der Waals surface area contributed by atoms with Gasteiger partial charge >= 0.3 is 0 Å². The van der Waals surface area contributed by atoms with Gasteiger partial charge in [-0.1, -0.05) is 6.92 Å². The molecular formula is C16H22FNO2. The van der Waals surface area contributed by atoms with Crippen molar-refractivity contribution in [3.8, 4) is 5.75 Å². The summed E-state index contributed by atoms with van der Waals surface area (Å²) in [6.07, 6.45) is 2.89. The van der Waals surface area contributed by atoms with Crippen molar-refractivity contribution in [3.05, 3.63) is 29.6 Å². The lowest BCUT2D eigenvalue weighted by atomic mass is 9.86. The molecule has 110 valence electrons. The molecule has 2 rings (SSSR count). The number of ether oxygens (including phenoxy) is 1. The summed E-state index contributed by atoms with van der Waals surface area (Å²) in [5.74, 6) is -0.214. The van der Waals surface area contributed by atoms with E-state index in [1.54, 1.807) is 6.07 Å². The van der Waals surface area contributed by atoms with Crippen LogP contribution in [0.15, 0.2) is 18.2 Å². The van der Waals surface area contributed by atoms with E-state index < -0.39 is 11.4 Å². The van der Waals surface area contributed by atoms with Crippen LogP contribution in [0.1, 0.15) is 43.5 Å². The van der Waals surface area contributed by atoms with Crippen LogP contribution >= 0.6 is 0 Å². The predicted molar refractivity (Wildman–Crippen MR) is 76.8 cm³/mol. The summed E-state index contributed by atoms with van der Waals surface area (Å²) in [7, 11) is 1.48. The number of methoxy groups -OCH3 is 1. The van der Waals surface area contributed by atoms with Crippen molar-refractivity contribution in [1.29, 1.82) is 0 Å². The summed E-state index contributed by atoms with van der Waals surface area (Å²) >= 11 is 0. The Kier molecular flexibility index (Phi) is 4.43. The van der Waals surface area contributed by atoms with E-state index in [2.05, 4.69) is 4.90 Å². The average Bonchev–Trinajstić information content (AvgIpc) is 3.00. The lowest BCUT2D eigenvalue weighted by Crippen LogP contribution is -2.50. The standard InChI is InChI=1S/C16H22FNO2/c1-4-16(2,18-9-5-6-10-18)15(19)13-8-7-12(20-3)11-14(13)17/h7-8,11H,4-6,9-10H2,1-3H3. The highest BCUT2D eigenvalue weighted by molar-refractivity contribution is 6.03. The summed E-state index contributed by atoms with van der Waals surface area (Å²) in [6.45, 7) is 5.73. The maximum Gasteiger partial charge on any atom is 0.185 e. The number of carbonyl (C=O) groups is 1. The summed E-state index contributed by atoms with van der Waals surface area (Å²) in [6, 6.07) is 4.43. The fraction of sp³-hybridized carbons (Fsp3) is 0.562. The van der Waals surface area contributed by atoms with Crippen molar-refractivity contribution in [2.45, 2.75) is 38.6 Å². The summed E-state index contributed by atoms with van der Waals surface area (Å²) < 4.78 is 19.1. The SMILES string of the molecule is CCC(C)(C(=O)c1ccc(OC)cc1F)N1CCCC1. The molecule has 0 bridgehead atoms. The Morgan fingerprint density at radius 2 is 2.05 bits per heavy atom. The molecule has 0 saturated carbocycles. The second-order valence-electron chi connectivity index (χ2n) is 5.50. The minimum Gasteiger partial charge on any atom is -0.497 e. The van der Waals surface area contributed by atoms with Crippen LogP contribution in [0.3, 0.4) is 0 Å². The topological polar surface area (TPSA) is 29.5 Å². The van der Waals surface area contributed by atoms with Crippen LogP contribution in [-0.4, -0.2) is 36.4 Å². The smallest absolute Gasteiger partial charge is 0.185 e. The fourth-order valence-corrected chi connectivity index (χ4v) is 2.84. The first kappa shape index (κ1) is 15.0. The molecule has 0 amide bonds. The van der Waals surface area contributed by atoms with Crippen molar-refractivity contribution >= 4 is 5.78 Å². The Hall–Kier alpha value is -1.42. The van der Waals surface area contributed by atoms with Crippen LogP contribution in [0.4, 0.5) is 4.39 Å². The highest BCUT2D eigenvalue weighted by atomic mass is 19.1. The molecular weight excluding hydrogens is 257 g/mol. The monoisotopic (exact) mass is 279 g/mol. The van der Waals surface area contributed by atoms with Crippen LogP contribution < -0.4 is 4.74 Å². The van der Waals surface area contributed by atoms with Gasteiger partial charge in [0, 0.05) is 6.07 Å². The van der Waals surface area contributed by atoms with Crippen molar-refractivity contribution < 1.29 is 13.9 Å². The number of carbonyl (C=O) groups excluding carboxylic acids is 1. The summed E-state index contributed by atoms with van der Waals surface area (Å²) in [5, 5.41) is 0. The number of hydrogen-bond acceptors (Lipinski definition) is 3. The van der Waals surface area contributed by atoms with Gasteiger partial charge in [-0.3, -0.25) is 9.69 Å². The molecule has 0 aromatic heterocycles. The quantitative estimate of drug-likeness (QED) is 0.775. The molecule has 1 heterocycles. The summed E-state index contributed by atoms with van der Waals surface area (Å²) in [5.41, 5.74) is -0.464. The molecule has 1 aromatic rings. The third-order valence-corrected chi connectivity index (χ3v) is 4.40. The molecule has 4 heteroatoms. The molecule has 0 N–H and O–H groups in total. The van der Waals surface area contributed by atoms with Gasteiger partial charge in [-0.05, 0) is 51.4 Å². The van der Waals surface area contributed by atoms with E-state index >= 15 is 0 Å². The van der Waals surface area contributed by atoms with Crippen molar-refractivity contribution in [1.82, 2.24) is 4.90 Å². The molecule has 1 aromatic carbocycles. The molecule has 0 spiro atoms. The number of likely N-dealkylation sites (tertiary alicyclic amines) is 1. The third kappa shape index (κ3) is 2.57. The van der Waals surface area contributed by atoms with E-state index in [0.717, 1.165) is 25.9 Å². The Balaban J connectivity index is 2.32. The molecule has 1 aliphatic heterocycles. The first-order chi connectivity index (χ1) is 9.52. The van der Waals surface area contributed by atoms with Crippen LogP contribution in [0, 0.1) is 5.82 Å². The van der Waals surface area contributed by atoms with Gasteiger partial charge in [0.05, 0.1) is 18.2 Å². The molecule has 20 heavy (non-hydrogen) atoms. The summed E-state index contributed by atoms with van der Waals surface area (Å²) in [4.78, 5) is 15.0. The van der Waals surface area contributed by atoms with Crippen molar-refractivity contribution in [2.24, 2.45) is 0 Å². The molecule has 0 aliphatic carbocycles. The third-order valence-electron chi connectivity index (χ3n) is 4.40. The van der Waals surface area contributed by atoms with E-state index in [9.17, 15) is 9.18 Å². The van der Waals surface area contributed by atoms with Gasteiger partial charge in [0.1, 0.15) is 11.6 Å². The number of ketones is 1. The number of nitrogens with zero attached hydrogens (tertiary/aromatic N) is 1. The molecule has 1 aliphatic rings. The van der Waals surface area contributed by atoms with E-state index in [0.29, 0.717) is 12.2 Å². The molecule has 1 atom stereocenters. The van der Waals surface area contributed by atoms with Gasteiger partial charge < -0.3 is 4.74 Å². The number of Topliss-reactive ketones (excluding diaryl/α,β-unsaturated/α-hetero) is 1. The number of hydrogen-bond donors (Lipinski definition) is 0. The minimum absolute atomic E-state index is 0.137. The molecule has 1 saturated heterocycles. The maximum absolute atomic E-state index is 14.1. The maximum atomic E-state index is 14.1. The van der Waals surface area contributed by atoms with E-state index in [1.807, 2.05) is 13.8 Å². The Morgan fingerprint density at radius 1 is 1.40 bits per heavy atom. The van der Waals surface area contributed by atoms with Gasteiger partial charge in [0.2, 0.25) is 0 Å². The Morgan fingerprint density at radius 3 is 2.55 bits per heavy atom. The lowest BCUT2D eigenvalue weighted by molar-refractivity contribution is 0.0643. The van der Waals surface area contributed by atoms with E-state index in [4.69, 9.17) is 4.74 Å². The zero-order valence-electron chi connectivity index (χ0n) is 12.4. The first-order valence-electron chi connectivity index (χ1n) is 7.16. The van der Waals surface area contributed by atoms with Gasteiger partial charge in [-0.2, -0.15) is 0 Å². The molecule has 1 unspecified atom stereocenters. The predicted octanol–water partition coefficient (Wildman–Crippen LogP) is 3.28. The van der Waals surface area contributed by atoms with Crippen LogP contribution in [-0.2, 0) is 0 Å². The molecule has 0 radical (unpaired) electrons. The van der Waals surface area contributed by atoms with Crippen LogP contribution in [0.2, 0.25) is 0 Å². The Bertz CT molecular complexity index is 497. The molecule has 1 fully saturated rings. The number of benzene rings is 1. The van der Waals surface area contributed by atoms with Crippen molar-refractivity contribution in [3.63, 3.8) is 0 Å². The van der Waals surface area contributed by atoms with E-state index in [-0.39, 0.29) is 11.3 Å². The normalized spacial score (nSPS) is 18.8. The first-order valence-corrected chi connectivity index (χ1v) is 7.16. The zero-order valence-corrected chi connectivity index (χ0v) is 12.4. The van der Waals surface area contributed by atoms with Crippen LogP contribution in [0.25, 0.3) is 0 Å². The second kappa shape index (κ2) is 5.92. The fourth-order valence-electron chi connectivity index (χ4n) is 2.84. The Labute approximate surface area is 119 Å². The largest absolute Gasteiger partial charge is 0.497 e. The second-order valence-corrected chi connectivity index (χ2v) is 5.50. The van der Waals surface area contributed by atoms with Gasteiger partial charge in [0.25, 0.3) is 0 Å². The lowest BCUT2D eigenvalue weighted by Gasteiger charge is -2.36. The average molecular weight is 279 g/mol. The highest BCUT2D eigenvalue weighted by Gasteiger charge is 2.40. The minimum atomic E-state index is -0.619. The van der Waals surface area contributed by atoms with Crippen molar-refractivity contribution in [2.75, 3.05) is 20.2 Å². The molecule has 3 nitrogen and oxygen atoms in total. The van der Waals surface area contributed by atoms with Gasteiger partial charge in [0.15, 0.2) is 5.78 Å². The van der Waals surface area contributed by atoms with Gasteiger partial charge in [-0.25, -0.2) is 4.39 Å². The number of rotatable bonds is 5. The number of halogens is 1. The zero-order chi connectivity index (χ0) is 14.8. The van der Waals surface area contributed by atoms with Crippen LogP contribution in [0.5, 0.6) is 5.75 Å². The van der Waals surface area contributed by atoms with E-state index in [1.165, 1.54) is 19.2 Å². The van der Waals surface area contributed by atoms with Gasteiger partial charge in [-0.15, -0.1) is 0 Å². The highest BCUT2D eigenvalue weighted by Crippen LogP contribution is 2.30.